The summed E-state index contributed by atoms with van der Waals surface area (Å²) < 4.78 is 0. The zero-order chi connectivity index (χ0) is 13.2. The highest BCUT2D eigenvalue weighted by atomic mass is 15.2. The Hall–Kier alpha value is -0.120. The lowest BCUT2D eigenvalue weighted by atomic mass is 9.94. The van der Waals surface area contributed by atoms with Gasteiger partial charge in [-0.2, -0.15) is 0 Å². The molecule has 0 amide bonds. The van der Waals surface area contributed by atoms with Crippen LogP contribution in [0.25, 0.3) is 0 Å². The lowest BCUT2D eigenvalue weighted by molar-refractivity contribution is 0.181. The monoisotopic (exact) mass is 255 g/mol. The van der Waals surface area contributed by atoms with E-state index < -0.39 is 0 Å². The Kier molecular flexibility index (Phi) is 8.64. The molecule has 1 aliphatic rings. The third kappa shape index (κ3) is 6.17. The molecule has 0 radical (unpaired) electrons. The minimum absolute atomic E-state index is 0.997. The maximum atomic E-state index is 3.57. The summed E-state index contributed by atoms with van der Waals surface area (Å²) in [5.74, 6) is 0.997. The summed E-state index contributed by atoms with van der Waals surface area (Å²) in [4.78, 5) is 5.09. The van der Waals surface area contributed by atoms with Crippen molar-refractivity contribution < 1.29 is 0 Å². The first kappa shape index (κ1) is 15.9. The van der Waals surface area contributed by atoms with Gasteiger partial charge in [-0.15, -0.1) is 0 Å². The highest BCUT2D eigenvalue weighted by Gasteiger charge is 2.16. The predicted molar refractivity (Wildman–Crippen MR) is 80.1 cm³/mol. The molecule has 0 spiro atoms. The summed E-state index contributed by atoms with van der Waals surface area (Å²) in [6, 6.07) is 0. The van der Waals surface area contributed by atoms with Gasteiger partial charge in [-0.25, -0.2) is 0 Å². The van der Waals surface area contributed by atoms with E-state index >= 15 is 0 Å². The zero-order valence-electron chi connectivity index (χ0n) is 12.7. The van der Waals surface area contributed by atoms with Gasteiger partial charge in [0.05, 0.1) is 0 Å². The number of nitrogens with one attached hydrogen (secondary N) is 1. The Morgan fingerprint density at radius 3 is 2.28 bits per heavy atom. The quantitative estimate of drug-likeness (QED) is 0.636. The van der Waals surface area contributed by atoms with Crippen LogP contribution in [0, 0.1) is 5.92 Å². The van der Waals surface area contributed by atoms with Gasteiger partial charge >= 0.3 is 0 Å². The minimum Gasteiger partial charge on any atom is -0.314 e. The molecule has 0 aromatic rings. The Morgan fingerprint density at radius 1 is 1.06 bits per heavy atom. The lowest BCUT2D eigenvalue weighted by Crippen LogP contribution is -2.40. The molecule has 3 heteroatoms. The molecule has 1 aliphatic heterocycles. The maximum Gasteiger partial charge on any atom is 0.0107 e. The van der Waals surface area contributed by atoms with Crippen LogP contribution < -0.4 is 5.32 Å². The summed E-state index contributed by atoms with van der Waals surface area (Å²) in [6.45, 7) is 16.5. The molecule has 1 saturated heterocycles. The number of likely N-dealkylation sites (N-methyl/N-ethyl adjacent to an activating group) is 1. The van der Waals surface area contributed by atoms with E-state index in [0.29, 0.717) is 0 Å². The highest BCUT2D eigenvalue weighted by Crippen LogP contribution is 2.19. The Labute approximate surface area is 114 Å². The number of rotatable bonds is 9. The van der Waals surface area contributed by atoms with Gasteiger partial charge in [0.15, 0.2) is 0 Å². The van der Waals surface area contributed by atoms with Crippen LogP contribution in [-0.4, -0.2) is 62.2 Å². The van der Waals surface area contributed by atoms with Gasteiger partial charge in [-0.1, -0.05) is 27.2 Å². The van der Waals surface area contributed by atoms with Crippen LogP contribution in [-0.2, 0) is 0 Å². The molecule has 0 atom stereocenters. The van der Waals surface area contributed by atoms with Crippen molar-refractivity contribution in [2.75, 3.05) is 52.4 Å². The molecule has 1 fully saturated rings. The Morgan fingerprint density at radius 2 is 1.72 bits per heavy atom. The fourth-order valence-corrected chi connectivity index (χ4v) is 2.76. The van der Waals surface area contributed by atoms with Crippen molar-refractivity contribution in [3.8, 4) is 0 Å². The first-order valence-electron chi connectivity index (χ1n) is 7.95. The molecule has 0 aliphatic carbocycles. The Bertz CT molecular complexity index is 184. The van der Waals surface area contributed by atoms with Crippen LogP contribution in [0.15, 0.2) is 0 Å². The lowest BCUT2D eigenvalue weighted by Gasteiger charge is -2.31. The zero-order valence-corrected chi connectivity index (χ0v) is 12.7. The predicted octanol–water partition coefficient (Wildman–Crippen LogP) is 2.04. The van der Waals surface area contributed by atoms with Crippen LogP contribution in [0.5, 0.6) is 0 Å². The third-order valence-electron chi connectivity index (χ3n) is 4.39. The van der Waals surface area contributed by atoms with Crippen molar-refractivity contribution >= 4 is 0 Å². The van der Waals surface area contributed by atoms with Gasteiger partial charge in [0.2, 0.25) is 0 Å². The Balaban J connectivity index is 1.95. The summed E-state index contributed by atoms with van der Waals surface area (Å²) in [6.07, 6.45) is 4.20. The van der Waals surface area contributed by atoms with Crippen LogP contribution >= 0.6 is 0 Å². The second-order valence-corrected chi connectivity index (χ2v) is 5.47. The molecule has 3 nitrogen and oxygen atoms in total. The topological polar surface area (TPSA) is 18.5 Å². The first-order chi connectivity index (χ1) is 8.80. The number of nitrogens with zero attached hydrogens (tertiary/aromatic N) is 2. The number of hydrogen-bond acceptors (Lipinski definition) is 3. The molecule has 0 saturated carbocycles. The second kappa shape index (κ2) is 9.76. The second-order valence-electron chi connectivity index (χ2n) is 5.47. The highest BCUT2D eigenvalue weighted by molar-refractivity contribution is 4.71. The van der Waals surface area contributed by atoms with Crippen molar-refractivity contribution in [1.82, 2.24) is 15.1 Å². The fourth-order valence-electron chi connectivity index (χ4n) is 2.76. The van der Waals surface area contributed by atoms with Gasteiger partial charge in [0.1, 0.15) is 0 Å². The number of hydrogen-bond donors (Lipinski definition) is 1. The molecular weight excluding hydrogens is 222 g/mol. The molecule has 0 aromatic heterocycles. The van der Waals surface area contributed by atoms with Crippen molar-refractivity contribution in [2.24, 2.45) is 5.92 Å². The van der Waals surface area contributed by atoms with Gasteiger partial charge in [0, 0.05) is 26.2 Å². The molecule has 108 valence electrons. The molecule has 1 rings (SSSR count). The standard InChI is InChI=1S/C15H33N3/c1-4-15-7-11-18(12-8-15)14-10-16-9-13-17(5-2)6-3/h15-16H,4-14H2,1-3H3. The van der Waals surface area contributed by atoms with Crippen LogP contribution in [0.3, 0.4) is 0 Å². The molecule has 1 heterocycles. The van der Waals surface area contributed by atoms with Gasteiger partial charge < -0.3 is 15.1 Å². The molecule has 0 bridgehead atoms. The summed E-state index contributed by atoms with van der Waals surface area (Å²) in [5.41, 5.74) is 0. The first-order valence-corrected chi connectivity index (χ1v) is 7.95. The van der Waals surface area contributed by atoms with E-state index in [1.54, 1.807) is 0 Å². The summed E-state index contributed by atoms with van der Waals surface area (Å²) in [5, 5.41) is 3.57. The van der Waals surface area contributed by atoms with E-state index in [1.165, 1.54) is 58.5 Å². The summed E-state index contributed by atoms with van der Waals surface area (Å²) in [7, 11) is 0. The van der Waals surface area contributed by atoms with Crippen molar-refractivity contribution in [3.63, 3.8) is 0 Å². The van der Waals surface area contributed by atoms with E-state index in [9.17, 15) is 0 Å². The van der Waals surface area contributed by atoms with Gasteiger partial charge in [-0.05, 0) is 44.9 Å². The van der Waals surface area contributed by atoms with Crippen molar-refractivity contribution in [2.45, 2.75) is 40.0 Å². The normalized spacial score (nSPS) is 18.7. The molecule has 1 N–H and O–H groups in total. The van der Waals surface area contributed by atoms with E-state index in [4.69, 9.17) is 0 Å². The molecular formula is C15H33N3. The minimum atomic E-state index is 0.997. The van der Waals surface area contributed by atoms with E-state index in [1.807, 2.05) is 0 Å². The van der Waals surface area contributed by atoms with Gasteiger partial charge in [0.25, 0.3) is 0 Å². The SMILES string of the molecule is CCC1CCN(CCNCCN(CC)CC)CC1. The molecule has 0 aromatic carbocycles. The largest absolute Gasteiger partial charge is 0.314 e. The number of likely N-dealkylation sites (tertiary alicyclic amines) is 1. The van der Waals surface area contributed by atoms with E-state index in [0.717, 1.165) is 19.0 Å². The average molecular weight is 255 g/mol. The average Bonchev–Trinajstić information content (AvgIpc) is 2.43. The molecule has 18 heavy (non-hydrogen) atoms. The van der Waals surface area contributed by atoms with E-state index in [2.05, 4.69) is 35.9 Å². The number of piperidine rings is 1. The van der Waals surface area contributed by atoms with Crippen molar-refractivity contribution in [1.29, 1.82) is 0 Å². The third-order valence-corrected chi connectivity index (χ3v) is 4.39. The van der Waals surface area contributed by atoms with Crippen LogP contribution in [0.1, 0.15) is 40.0 Å². The fraction of sp³-hybridized carbons (Fsp3) is 1.00. The maximum absolute atomic E-state index is 3.57. The van der Waals surface area contributed by atoms with Crippen LogP contribution in [0.2, 0.25) is 0 Å². The van der Waals surface area contributed by atoms with Gasteiger partial charge in [-0.3, -0.25) is 0 Å². The van der Waals surface area contributed by atoms with Crippen molar-refractivity contribution in [3.05, 3.63) is 0 Å². The molecule has 0 unspecified atom stereocenters. The van der Waals surface area contributed by atoms with Crippen LogP contribution in [0.4, 0.5) is 0 Å². The summed E-state index contributed by atoms with van der Waals surface area (Å²) >= 11 is 0. The van der Waals surface area contributed by atoms with E-state index in [-0.39, 0.29) is 0 Å². The smallest absolute Gasteiger partial charge is 0.0107 e.